The molecule has 2 atom stereocenters. The first-order valence-electron chi connectivity index (χ1n) is 7.28. The summed E-state index contributed by atoms with van der Waals surface area (Å²) in [6.45, 7) is 6.80. The number of halogens is 1. The van der Waals surface area contributed by atoms with Gasteiger partial charge in [-0.05, 0) is 31.9 Å². The van der Waals surface area contributed by atoms with Gasteiger partial charge in [-0.1, -0.05) is 31.5 Å². The van der Waals surface area contributed by atoms with Crippen molar-refractivity contribution in [2.75, 3.05) is 13.2 Å². The van der Waals surface area contributed by atoms with Crippen molar-refractivity contribution in [3.05, 3.63) is 35.4 Å². The standard InChI is InChI=1S/C14H16FNO2.C2H6/c1-10-4-6-11(7-5-10)13-16-9-14(18-13)12(15)3-2-8-17-14;1-2/h4-7,12H,2-3,8-9H2,1H3;1-2H3/t12-,14+;/m0./s1. The van der Waals surface area contributed by atoms with E-state index in [0.29, 0.717) is 18.9 Å². The number of ether oxygens (including phenoxy) is 2. The summed E-state index contributed by atoms with van der Waals surface area (Å²) in [5.41, 5.74) is 2.04. The second-order valence-corrected chi connectivity index (χ2v) is 4.86. The number of hydrogen-bond acceptors (Lipinski definition) is 3. The zero-order valence-electron chi connectivity index (χ0n) is 12.4. The van der Waals surface area contributed by atoms with E-state index in [1.54, 1.807) is 0 Å². The van der Waals surface area contributed by atoms with Gasteiger partial charge in [0, 0.05) is 5.56 Å². The molecule has 0 aromatic heterocycles. The molecule has 0 unspecified atom stereocenters. The SMILES string of the molecule is CC.Cc1ccc(C2=NC[C@@]3(OCCC[C@@H]3F)O2)cc1. The summed E-state index contributed by atoms with van der Waals surface area (Å²) in [4.78, 5) is 4.29. The van der Waals surface area contributed by atoms with Crippen LogP contribution in [0, 0.1) is 6.92 Å². The molecule has 20 heavy (non-hydrogen) atoms. The predicted molar refractivity (Wildman–Crippen MR) is 77.8 cm³/mol. The van der Waals surface area contributed by atoms with Crippen molar-refractivity contribution in [2.45, 2.75) is 45.6 Å². The predicted octanol–water partition coefficient (Wildman–Crippen LogP) is 3.64. The van der Waals surface area contributed by atoms with Gasteiger partial charge >= 0.3 is 0 Å². The average molecular weight is 279 g/mol. The molecule has 1 spiro atoms. The number of nitrogens with zero attached hydrogens (tertiary/aromatic N) is 1. The van der Waals surface area contributed by atoms with Gasteiger partial charge in [0.2, 0.25) is 5.90 Å². The molecule has 0 amide bonds. The molecule has 1 aromatic rings. The maximum absolute atomic E-state index is 14.0. The van der Waals surface area contributed by atoms with E-state index in [-0.39, 0.29) is 6.54 Å². The Bertz CT molecular complexity index is 472. The fraction of sp³-hybridized carbons (Fsp3) is 0.562. The third-order valence-corrected chi connectivity index (χ3v) is 3.44. The molecule has 0 saturated carbocycles. The third kappa shape index (κ3) is 2.85. The maximum atomic E-state index is 14.0. The highest BCUT2D eigenvalue weighted by Crippen LogP contribution is 2.34. The molecule has 2 aliphatic heterocycles. The third-order valence-electron chi connectivity index (χ3n) is 3.44. The van der Waals surface area contributed by atoms with Crippen LogP contribution in [0.5, 0.6) is 0 Å². The lowest BCUT2D eigenvalue weighted by Gasteiger charge is -2.35. The molecule has 3 nitrogen and oxygen atoms in total. The normalized spacial score (nSPS) is 28.4. The summed E-state index contributed by atoms with van der Waals surface area (Å²) in [5.74, 6) is -0.682. The fourth-order valence-electron chi connectivity index (χ4n) is 2.31. The number of hydrogen-bond donors (Lipinski definition) is 0. The first-order valence-corrected chi connectivity index (χ1v) is 7.28. The Morgan fingerprint density at radius 3 is 2.60 bits per heavy atom. The molecule has 1 fully saturated rings. The maximum Gasteiger partial charge on any atom is 0.263 e. The lowest BCUT2D eigenvalue weighted by molar-refractivity contribution is -0.232. The van der Waals surface area contributed by atoms with E-state index in [2.05, 4.69) is 4.99 Å². The fourth-order valence-corrected chi connectivity index (χ4v) is 2.31. The lowest BCUT2D eigenvalue weighted by atomic mass is 10.0. The Kier molecular flexibility index (Phi) is 4.76. The van der Waals surface area contributed by atoms with Crippen molar-refractivity contribution < 1.29 is 13.9 Å². The summed E-state index contributed by atoms with van der Waals surface area (Å²) >= 11 is 0. The highest BCUT2D eigenvalue weighted by atomic mass is 19.1. The van der Waals surface area contributed by atoms with Crippen LogP contribution < -0.4 is 0 Å². The first kappa shape index (κ1) is 15.0. The van der Waals surface area contributed by atoms with E-state index in [9.17, 15) is 4.39 Å². The second-order valence-electron chi connectivity index (χ2n) is 4.86. The summed E-state index contributed by atoms with van der Waals surface area (Å²) in [7, 11) is 0. The lowest BCUT2D eigenvalue weighted by Crippen LogP contribution is -2.49. The van der Waals surface area contributed by atoms with Crippen LogP contribution in [0.1, 0.15) is 37.8 Å². The van der Waals surface area contributed by atoms with Crippen LogP contribution in [0.3, 0.4) is 0 Å². The molecule has 0 aliphatic carbocycles. The minimum absolute atomic E-state index is 0.247. The van der Waals surface area contributed by atoms with Crippen LogP contribution in [0.2, 0.25) is 0 Å². The minimum Gasteiger partial charge on any atom is -0.440 e. The number of alkyl halides is 1. The van der Waals surface area contributed by atoms with E-state index in [4.69, 9.17) is 9.47 Å². The summed E-state index contributed by atoms with van der Waals surface area (Å²) in [5, 5.41) is 0. The van der Waals surface area contributed by atoms with Gasteiger partial charge in [0.1, 0.15) is 6.54 Å². The van der Waals surface area contributed by atoms with Crippen LogP contribution in [0.4, 0.5) is 4.39 Å². The summed E-state index contributed by atoms with van der Waals surface area (Å²) in [6.07, 6.45) is 0.126. The number of rotatable bonds is 1. The van der Waals surface area contributed by atoms with Crippen LogP contribution in [0.25, 0.3) is 0 Å². The molecule has 1 aromatic carbocycles. The van der Waals surface area contributed by atoms with Gasteiger partial charge in [-0.25, -0.2) is 9.38 Å². The van der Waals surface area contributed by atoms with Crippen LogP contribution >= 0.6 is 0 Å². The van der Waals surface area contributed by atoms with Gasteiger partial charge in [-0.2, -0.15) is 0 Å². The van der Waals surface area contributed by atoms with E-state index >= 15 is 0 Å². The number of aliphatic imine (C=N–C) groups is 1. The largest absolute Gasteiger partial charge is 0.440 e. The van der Waals surface area contributed by atoms with Crippen molar-refractivity contribution in [3.63, 3.8) is 0 Å². The highest BCUT2D eigenvalue weighted by molar-refractivity contribution is 5.95. The summed E-state index contributed by atoms with van der Waals surface area (Å²) < 4.78 is 25.2. The monoisotopic (exact) mass is 279 g/mol. The smallest absolute Gasteiger partial charge is 0.263 e. The van der Waals surface area contributed by atoms with Gasteiger partial charge in [0.15, 0.2) is 6.17 Å². The molecule has 4 heteroatoms. The number of aryl methyl sites for hydroxylation is 1. The van der Waals surface area contributed by atoms with Gasteiger partial charge in [-0.3, -0.25) is 0 Å². The van der Waals surface area contributed by atoms with Gasteiger partial charge in [-0.15, -0.1) is 0 Å². The van der Waals surface area contributed by atoms with Crippen molar-refractivity contribution in [2.24, 2.45) is 4.99 Å². The van der Waals surface area contributed by atoms with Gasteiger partial charge in [0.05, 0.1) is 6.61 Å². The molecule has 0 radical (unpaired) electrons. The molecule has 3 rings (SSSR count). The Morgan fingerprint density at radius 2 is 1.95 bits per heavy atom. The Balaban J connectivity index is 0.000000704. The van der Waals surface area contributed by atoms with Gasteiger partial charge in [0.25, 0.3) is 5.79 Å². The zero-order valence-corrected chi connectivity index (χ0v) is 12.4. The van der Waals surface area contributed by atoms with E-state index in [0.717, 1.165) is 12.0 Å². The molecule has 1 saturated heterocycles. The minimum atomic E-state index is -1.17. The van der Waals surface area contributed by atoms with Crippen molar-refractivity contribution in [3.8, 4) is 0 Å². The van der Waals surface area contributed by atoms with Crippen LogP contribution in [-0.2, 0) is 9.47 Å². The molecule has 0 N–H and O–H groups in total. The van der Waals surface area contributed by atoms with Crippen molar-refractivity contribution in [1.82, 2.24) is 0 Å². The Morgan fingerprint density at radius 1 is 1.25 bits per heavy atom. The quantitative estimate of drug-likeness (QED) is 0.785. The molecular weight excluding hydrogens is 257 g/mol. The molecule has 110 valence electrons. The average Bonchev–Trinajstić information content (AvgIpc) is 2.91. The van der Waals surface area contributed by atoms with Crippen molar-refractivity contribution >= 4 is 5.90 Å². The highest BCUT2D eigenvalue weighted by Gasteiger charge is 2.49. The molecule has 0 bridgehead atoms. The molecular formula is C16H22FNO2. The first-order chi connectivity index (χ1) is 9.70. The Labute approximate surface area is 119 Å². The second kappa shape index (κ2) is 6.35. The zero-order chi connectivity index (χ0) is 14.6. The van der Waals surface area contributed by atoms with Crippen LogP contribution in [0.15, 0.2) is 29.3 Å². The topological polar surface area (TPSA) is 30.8 Å². The van der Waals surface area contributed by atoms with Crippen molar-refractivity contribution in [1.29, 1.82) is 0 Å². The molecule has 2 heterocycles. The summed E-state index contributed by atoms with van der Waals surface area (Å²) in [6, 6.07) is 7.84. The van der Waals surface area contributed by atoms with Crippen LogP contribution in [-0.4, -0.2) is 31.0 Å². The Hall–Kier alpha value is -1.42. The van der Waals surface area contributed by atoms with Gasteiger partial charge < -0.3 is 9.47 Å². The van der Waals surface area contributed by atoms with E-state index < -0.39 is 12.0 Å². The van der Waals surface area contributed by atoms with E-state index in [1.165, 1.54) is 5.56 Å². The molecule has 2 aliphatic rings. The number of benzene rings is 1. The van der Waals surface area contributed by atoms with E-state index in [1.807, 2.05) is 45.0 Å².